The van der Waals surface area contributed by atoms with Crippen molar-refractivity contribution in [2.45, 2.75) is 70.2 Å². The number of carbonyl (C=O) groups excluding carboxylic acids is 2. The molecule has 6 rings (SSSR count). The van der Waals surface area contributed by atoms with Gasteiger partial charge in [0.1, 0.15) is 11.1 Å². The van der Waals surface area contributed by atoms with Crippen molar-refractivity contribution in [2.24, 2.45) is 5.92 Å². The van der Waals surface area contributed by atoms with Gasteiger partial charge in [-0.15, -0.1) is 0 Å². The fraction of sp³-hybridized carbons (Fsp3) is 0.528. The van der Waals surface area contributed by atoms with Crippen molar-refractivity contribution in [3.63, 3.8) is 0 Å². The summed E-state index contributed by atoms with van der Waals surface area (Å²) in [6.45, 7) is 11.8. The highest BCUT2D eigenvalue weighted by atomic mass is 35.5. The maximum atomic E-state index is 13.5. The molecule has 0 bridgehead atoms. The summed E-state index contributed by atoms with van der Waals surface area (Å²) >= 11 is 6.11. The second-order valence-corrected chi connectivity index (χ2v) is 14.9. The van der Waals surface area contributed by atoms with Gasteiger partial charge in [-0.1, -0.05) is 23.7 Å². The Kier molecular flexibility index (Phi) is 9.92. The average molecular weight is 701 g/mol. The maximum absolute atomic E-state index is 13.5. The summed E-state index contributed by atoms with van der Waals surface area (Å²) < 4.78 is 46.4. The number of benzene rings is 2. The number of anilines is 2. The third kappa shape index (κ3) is 8.01. The van der Waals surface area contributed by atoms with Crippen LogP contribution in [-0.4, -0.2) is 83.0 Å². The summed E-state index contributed by atoms with van der Waals surface area (Å²) in [5.41, 5.74) is 0.885. The zero-order chi connectivity index (χ0) is 35.0. The minimum Gasteiger partial charge on any atom is -0.444 e. The SMILES string of the molecule is CC(C)(C)OC(=O)N1CCN(CC2CCN(c3ccc(-c4cnn(C5(C(=O)Nc6ccc(C(F)(F)F)cc6Cl)CCC5)c4)cc3)CC2)CC1. The van der Waals surface area contributed by atoms with Crippen molar-refractivity contribution in [1.29, 1.82) is 0 Å². The monoisotopic (exact) mass is 700 g/mol. The Morgan fingerprint density at radius 1 is 0.959 bits per heavy atom. The van der Waals surface area contributed by atoms with E-state index >= 15 is 0 Å². The number of nitrogens with zero attached hydrogens (tertiary/aromatic N) is 5. The molecule has 1 saturated carbocycles. The molecule has 3 fully saturated rings. The van der Waals surface area contributed by atoms with Gasteiger partial charge in [-0.05, 0) is 94.7 Å². The third-order valence-corrected chi connectivity index (χ3v) is 10.2. The Hall–Kier alpha value is -3.77. The lowest BCUT2D eigenvalue weighted by molar-refractivity contribution is -0.137. The number of rotatable bonds is 7. The highest BCUT2D eigenvalue weighted by Crippen LogP contribution is 2.42. The minimum atomic E-state index is -4.52. The van der Waals surface area contributed by atoms with E-state index in [9.17, 15) is 22.8 Å². The molecule has 2 saturated heterocycles. The Labute approximate surface area is 290 Å². The first kappa shape index (κ1) is 35.1. The van der Waals surface area contributed by atoms with Gasteiger partial charge < -0.3 is 19.9 Å². The van der Waals surface area contributed by atoms with Crippen LogP contribution in [-0.2, 0) is 21.2 Å². The van der Waals surface area contributed by atoms with Crippen LogP contribution in [0.4, 0.5) is 29.3 Å². The Morgan fingerprint density at radius 2 is 1.63 bits per heavy atom. The largest absolute Gasteiger partial charge is 0.444 e. The van der Waals surface area contributed by atoms with Gasteiger partial charge in [-0.25, -0.2) is 4.79 Å². The summed E-state index contributed by atoms with van der Waals surface area (Å²) in [5.74, 6) is 0.276. The lowest BCUT2D eigenvalue weighted by Crippen LogP contribution is -2.51. The van der Waals surface area contributed by atoms with Crippen molar-refractivity contribution in [3.05, 3.63) is 65.4 Å². The number of halogens is 4. The van der Waals surface area contributed by atoms with Gasteiger partial charge >= 0.3 is 12.3 Å². The molecule has 2 amide bonds. The lowest BCUT2D eigenvalue weighted by atomic mass is 9.76. The Morgan fingerprint density at radius 3 is 2.20 bits per heavy atom. The molecule has 13 heteroatoms. The molecule has 0 atom stereocenters. The van der Waals surface area contributed by atoms with E-state index in [-0.39, 0.29) is 22.7 Å². The van der Waals surface area contributed by atoms with E-state index < -0.39 is 22.9 Å². The average Bonchev–Trinajstić information content (AvgIpc) is 3.51. The van der Waals surface area contributed by atoms with Crippen molar-refractivity contribution in [3.8, 4) is 11.1 Å². The second-order valence-electron chi connectivity index (χ2n) is 14.5. The molecule has 49 heavy (non-hydrogen) atoms. The zero-order valence-electron chi connectivity index (χ0n) is 28.2. The van der Waals surface area contributed by atoms with Gasteiger partial charge in [0, 0.05) is 63.3 Å². The zero-order valence-corrected chi connectivity index (χ0v) is 29.0. The molecule has 2 aromatic carbocycles. The molecule has 9 nitrogen and oxygen atoms in total. The molecular weight excluding hydrogens is 657 g/mol. The van der Waals surface area contributed by atoms with E-state index in [1.165, 1.54) is 11.8 Å². The van der Waals surface area contributed by atoms with E-state index in [1.807, 2.05) is 31.9 Å². The first-order valence-electron chi connectivity index (χ1n) is 17.0. The number of ether oxygens (including phenoxy) is 1. The highest BCUT2D eigenvalue weighted by molar-refractivity contribution is 6.33. The van der Waals surface area contributed by atoms with Gasteiger partial charge in [-0.2, -0.15) is 18.3 Å². The van der Waals surface area contributed by atoms with Crippen molar-refractivity contribution >= 4 is 35.0 Å². The molecule has 0 radical (unpaired) electrons. The summed E-state index contributed by atoms with van der Waals surface area (Å²) in [7, 11) is 0. The van der Waals surface area contributed by atoms with Gasteiger partial charge in [0.15, 0.2) is 0 Å². The van der Waals surface area contributed by atoms with Gasteiger partial charge in [0.25, 0.3) is 5.91 Å². The van der Waals surface area contributed by atoms with Crippen molar-refractivity contribution < 1.29 is 27.5 Å². The number of carbonyl (C=O) groups is 2. The van der Waals surface area contributed by atoms with Crippen molar-refractivity contribution in [1.82, 2.24) is 19.6 Å². The lowest BCUT2D eigenvalue weighted by Gasteiger charge is -2.40. The molecule has 1 aromatic heterocycles. The number of hydrogen-bond donors (Lipinski definition) is 1. The van der Waals surface area contributed by atoms with Crippen LogP contribution in [0.25, 0.3) is 11.1 Å². The number of alkyl halides is 3. The standard InChI is InChI=1S/C36H44ClF3N6O3/c1-34(2,3)49-33(48)45-19-17-43(18-20-45)23-25-11-15-44(16-12-25)29-8-5-26(6-9-29)27-22-41-46(24-27)35(13-4-14-35)32(47)42-31-10-7-28(21-30(31)37)36(38,39)40/h5-10,21-22,24-25H,4,11-20,23H2,1-3H3,(H,42,47). The Balaban J connectivity index is 1.01. The first-order valence-corrected chi connectivity index (χ1v) is 17.4. The van der Waals surface area contributed by atoms with E-state index in [1.54, 1.807) is 10.9 Å². The molecular formula is C36H44ClF3N6O3. The van der Waals surface area contributed by atoms with Gasteiger partial charge in [0.05, 0.1) is 22.5 Å². The molecule has 3 aromatic rings. The van der Waals surface area contributed by atoms with Crippen LogP contribution >= 0.6 is 11.6 Å². The smallest absolute Gasteiger partial charge is 0.416 e. The summed E-state index contributed by atoms with van der Waals surface area (Å²) in [6.07, 6.45) is 3.05. The van der Waals surface area contributed by atoms with E-state index in [2.05, 4.69) is 44.5 Å². The fourth-order valence-corrected chi connectivity index (χ4v) is 7.08. The van der Waals surface area contributed by atoms with Crippen LogP contribution in [0.2, 0.25) is 5.02 Å². The predicted octanol–water partition coefficient (Wildman–Crippen LogP) is 7.51. The number of amides is 2. The van der Waals surface area contributed by atoms with Gasteiger partial charge in [-0.3, -0.25) is 14.4 Å². The maximum Gasteiger partial charge on any atom is 0.416 e. The van der Waals surface area contributed by atoms with Crippen LogP contribution in [0.5, 0.6) is 0 Å². The van der Waals surface area contributed by atoms with Crippen molar-refractivity contribution in [2.75, 3.05) is 56.0 Å². The summed E-state index contributed by atoms with van der Waals surface area (Å²) in [6, 6.07) is 11.3. The number of piperazine rings is 1. The quantitative estimate of drug-likeness (QED) is 0.275. The van der Waals surface area contributed by atoms with Crippen LogP contribution in [0.1, 0.15) is 58.4 Å². The molecule has 1 N–H and O–H groups in total. The molecule has 2 aliphatic heterocycles. The number of piperidine rings is 1. The van der Waals surface area contributed by atoms with Crippen LogP contribution < -0.4 is 10.2 Å². The molecule has 3 aliphatic rings. The van der Waals surface area contributed by atoms with E-state index in [0.717, 1.165) is 75.2 Å². The first-order chi connectivity index (χ1) is 23.2. The van der Waals surface area contributed by atoms with Crippen LogP contribution in [0.3, 0.4) is 0 Å². The predicted molar refractivity (Wildman–Crippen MR) is 184 cm³/mol. The number of aromatic nitrogens is 2. The number of nitrogens with one attached hydrogen (secondary N) is 1. The van der Waals surface area contributed by atoms with Crippen LogP contribution in [0, 0.1) is 5.92 Å². The van der Waals surface area contributed by atoms with E-state index in [0.29, 0.717) is 31.8 Å². The summed E-state index contributed by atoms with van der Waals surface area (Å²) in [4.78, 5) is 32.5. The Bertz CT molecular complexity index is 1630. The van der Waals surface area contributed by atoms with Crippen LogP contribution in [0.15, 0.2) is 54.9 Å². The third-order valence-electron chi connectivity index (χ3n) is 9.89. The minimum absolute atomic E-state index is 0.135. The second kappa shape index (κ2) is 13.9. The molecule has 0 spiro atoms. The highest BCUT2D eigenvalue weighted by Gasteiger charge is 2.47. The van der Waals surface area contributed by atoms with Gasteiger partial charge in [0.2, 0.25) is 0 Å². The summed E-state index contributed by atoms with van der Waals surface area (Å²) in [5, 5.41) is 7.11. The van der Waals surface area contributed by atoms with E-state index in [4.69, 9.17) is 16.3 Å². The molecule has 264 valence electrons. The topological polar surface area (TPSA) is 82.9 Å². The molecule has 3 heterocycles. The fourth-order valence-electron chi connectivity index (χ4n) is 6.85. The number of hydrogen-bond acceptors (Lipinski definition) is 6. The molecule has 0 unspecified atom stereocenters. The normalized spacial score (nSPS) is 19.0. The molecule has 1 aliphatic carbocycles.